The van der Waals surface area contributed by atoms with Crippen LogP contribution in [0.3, 0.4) is 0 Å². The van der Waals surface area contributed by atoms with Crippen LogP contribution in [-0.4, -0.2) is 33.4 Å². The SMILES string of the molecule is CC(C)c1cc(=O)n(CC2CCN(C(=O)C3(c4ccccc4)CC3)CC2)cn1. The third kappa shape index (κ3) is 3.62. The average molecular weight is 380 g/mol. The van der Waals surface area contributed by atoms with Gasteiger partial charge in [0.1, 0.15) is 0 Å². The van der Waals surface area contributed by atoms with E-state index in [-0.39, 0.29) is 22.8 Å². The fraction of sp³-hybridized carbons (Fsp3) is 0.522. The first-order chi connectivity index (χ1) is 13.5. The number of amides is 1. The average Bonchev–Trinajstić information content (AvgIpc) is 3.52. The molecule has 1 aromatic heterocycles. The van der Waals surface area contributed by atoms with E-state index in [2.05, 4.69) is 17.1 Å². The molecule has 28 heavy (non-hydrogen) atoms. The van der Waals surface area contributed by atoms with Crippen LogP contribution in [0.2, 0.25) is 0 Å². The van der Waals surface area contributed by atoms with E-state index in [1.165, 1.54) is 0 Å². The molecule has 148 valence electrons. The standard InChI is InChI=1S/C23H29N3O2/c1-17(2)20-14-21(27)26(16-24-20)15-18-8-12-25(13-9-18)22(28)23(10-11-23)19-6-4-3-5-7-19/h3-7,14,16-18H,8-13,15H2,1-2H3. The highest BCUT2D eigenvalue weighted by Gasteiger charge is 2.53. The number of nitrogens with zero attached hydrogens (tertiary/aromatic N) is 3. The van der Waals surface area contributed by atoms with Crippen LogP contribution in [0.4, 0.5) is 0 Å². The van der Waals surface area contributed by atoms with Gasteiger partial charge < -0.3 is 4.90 Å². The Morgan fingerprint density at radius 1 is 1.18 bits per heavy atom. The summed E-state index contributed by atoms with van der Waals surface area (Å²) in [7, 11) is 0. The molecule has 1 aromatic carbocycles. The molecule has 0 bridgehead atoms. The van der Waals surface area contributed by atoms with Gasteiger partial charge in [-0.3, -0.25) is 14.2 Å². The number of carbonyl (C=O) groups is 1. The van der Waals surface area contributed by atoms with Crippen molar-refractivity contribution in [1.29, 1.82) is 0 Å². The van der Waals surface area contributed by atoms with Crippen molar-refractivity contribution in [3.05, 3.63) is 64.3 Å². The molecule has 1 aliphatic heterocycles. The molecule has 1 saturated heterocycles. The lowest BCUT2D eigenvalue weighted by molar-refractivity contribution is -0.135. The molecule has 1 saturated carbocycles. The van der Waals surface area contributed by atoms with Gasteiger partial charge in [0.25, 0.3) is 5.56 Å². The summed E-state index contributed by atoms with van der Waals surface area (Å²) in [6, 6.07) is 11.9. The lowest BCUT2D eigenvalue weighted by Crippen LogP contribution is -2.44. The van der Waals surface area contributed by atoms with E-state index in [1.54, 1.807) is 17.0 Å². The topological polar surface area (TPSA) is 55.2 Å². The largest absolute Gasteiger partial charge is 0.342 e. The van der Waals surface area contributed by atoms with Gasteiger partial charge in [0.15, 0.2) is 0 Å². The molecule has 1 aliphatic carbocycles. The van der Waals surface area contributed by atoms with Crippen molar-refractivity contribution in [3.63, 3.8) is 0 Å². The Kier molecular flexibility index (Phi) is 5.09. The Balaban J connectivity index is 1.36. The molecule has 1 amide bonds. The number of benzene rings is 1. The Bertz CT molecular complexity index is 892. The zero-order valence-corrected chi connectivity index (χ0v) is 16.8. The van der Waals surface area contributed by atoms with E-state index < -0.39 is 0 Å². The maximum Gasteiger partial charge on any atom is 0.253 e. The van der Waals surface area contributed by atoms with E-state index >= 15 is 0 Å². The van der Waals surface area contributed by atoms with Crippen molar-refractivity contribution < 1.29 is 4.79 Å². The van der Waals surface area contributed by atoms with Crippen LogP contribution in [0, 0.1) is 5.92 Å². The zero-order valence-electron chi connectivity index (χ0n) is 16.8. The van der Waals surface area contributed by atoms with E-state index in [9.17, 15) is 9.59 Å². The number of hydrogen-bond acceptors (Lipinski definition) is 3. The number of rotatable bonds is 5. The minimum atomic E-state index is -0.276. The second-order valence-corrected chi connectivity index (χ2v) is 8.64. The summed E-state index contributed by atoms with van der Waals surface area (Å²) in [6.45, 7) is 6.34. The van der Waals surface area contributed by atoms with Gasteiger partial charge in [-0.25, -0.2) is 4.98 Å². The molecular formula is C23H29N3O2. The van der Waals surface area contributed by atoms with Crippen molar-refractivity contribution >= 4 is 5.91 Å². The molecule has 0 spiro atoms. The van der Waals surface area contributed by atoms with Gasteiger partial charge in [-0.1, -0.05) is 44.2 Å². The molecule has 4 rings (SSSR count). The van der Waals surface area contributed by atoms with Gasteiger partial charge in [-0.05, 0) is 43.1 Å². The van der Waals surface area contributed by atoms with Gasteiger partial charge in [0, 0.05) is 25.7 Å². The molecular weight excluding hydrogens is 350 g/mol. The van der Waals surface area contributed by atoms with Crippen molar-refractivity contribution in [2.24, 2.45) is 5.92 Å². The second kappa shape index (κ2) is 7.53. The molecule has 2 aliphatic rings. The van der Waals surface area contributed by atoms with Crippen molar-refractivity contribution in [3.8, 4) is 0 Å². The molecule has 0 N–H and O–H groups in total. The van der Waals surface area contributed by atoms with Crippen molar-refractivity contribution in [1.82, 2.24) is 14.5 Å². The summed E-state index contributed by atoms with van der Waals surface area (Å²) in [5.41, 5.74) is 1.75. The summed E-state index contributed by atoms with van der Waals surface area (Å²) in [4.78, 5) is 32.0. The van der Waals surface area contributed by atoms with Crippen molar-refractivity contribution in [2.75, 3.05) is 13.1 Å². The van der Waals surface area contributed by atoms with Gasteiger partial charge in [-0.2, -0.15) is 0 Å². The predicted molar refractivity (Wildman–Crippen MR) is 109 cm³/mol. The lowest BCUT2D eigenvalue weighted by Gasteiger charge is -2.34. The molecule has 0 unspecified atom stereocenters. The first-order valence-corrected chi connectivity index (χ1v) is 10.4. The summed E-state index contributed by atoms with van der Waals surface area (Å²) in [5, 5.41) is 0. The Hall–Kier alpha value is -2.43. The molecule has 2 fully saturated rings. The number of likely N-dealkylation sites (tertiary alicyclic amines) is 1. The maximum absolute atomic E-state index is 13.2. The molecule has 5 nitrogen and oxygen atoms in total. The van der Waals surface area contributed by atoms with E-state index in [4.69, 9.17) is 0 Å². The highest BCUT2D eigenvalue weighted by atomic mass is 16.2. The van der Waals surface area contributed by atoms with Crippen molar-refractivity contribution in [2.45, 2.75) is 57.4 Å². The molecule has 0 atom stereocenters. The van der Waals surface area contributed by atoms with Gasteiger partial charge in [0.05, 0.1) is 17.4 Å². The lowest BCUT2D eigenvalue weighted by atomic mass is 9.91. The van der Waals surface area contributed by atoms with Crippen LogP contribution >= 0.6 is 0 Å². The quantitative estimate of drug-likeness (QED) is 0.801. The fourth-order valence-corrected chi connectivity index (χ4v) is 4.30. The molecule has 2 aromatic rings. The minimum Gasteiger partial charge on any atom is -0.342 e. The van der Waals surface area contributed by atoms with Crippen LogP contribution in [0.25, 0.3) is 0 Å². The van der Waals surface area contributed by atoms with Crippen LogP contribution in [0.5, 0.6) is 0 Å². The maximum atomic E-state index is 13.2. The summed E-state index contributed by atoms with van der Waals surface area (Å²) >= 11 is 0. The smallest absolute Gasteiger partial charge is 0.253 e. The summed E-state index contributed by atoms with van der Waals surface area (Å²) < 4.78 is 1.72. The van der Waals surface area contributed by atoms with Gasteiger partial charge >= 0.3 is 0 Å². The number of carbonyl (C=O) groups excluding carboxylic acids is 1. The first-order valence-electron chi connectivity index (χ1n) is 10.4. The molecule has 0 radical (unpaired) electrons. The van der Waals surface area contributed by atoms with E-state index in [0.717, 1.165) is 50.0 Å². The summed E-state index contributed by atoms with van der Waals surface area (Å²) in [5.74, 6) is 0.966. The normalized spacial score (nSPS) is 19.0. The minimum absolute atomic E-state index is 0.0261. The van der Waals surface area contributed by atoms with E-state index in [1.807, 2.05) is 36.9 Å². The van der Waals surface area contributed by atoms with Gasteiger partial charge in [0.2, 0.25) is 5.91 Å². The molecule has 2 heterocycles. The molecule has 5 heteroatoms. The Labute approximate surface area is 166 Å². The van der Waals surface area contributed by atoms with Crippen LogP contribution < -0.4 is 5.56 Å². The van der Waals surface area contributed by atoms with Gasteiger partial charge in [-0.15, -0.1) is 0 Å². The van der Waals surface area contributed by atoms with Crippen LogP contribution in [0.1, 0.15) is 56.7 Å². The highest BCUT2D eigenvalue weighted by molar-refractivity contribution is 5.91. The number of hydrogen-bond donors (Lipinski definition) is 0. The predicted octanol–water partition coefficient (Wildman–Crippen LogP) is 3.34. The monoisotopic (exact) mass is 379 g/mol. The first kappa shape index (κ1) is 18.9. The highest BCUT2D eigenvalue weighted by Crippen LogP contribution is 2.49. The third-order valence-corrected chi connectivity index (χ3v) is 6.33. The fourth-order valence-electron chi connectivity index (χ4n) is 4.30. The third-order valence-electron chi connectivity index (χ3n) is 6.33. The second-order valence-electron chi connectivity index (χ2n) is 8.64. The Morgan fingerprint density at radius 2 is 1.86 bits per heavy atom. The van der Waals surface area contributed by atoms with Crippen LogP contribution in [0.15, 0.2) is 47.5 Å². The zero-order chi connectivity index (χ0) is 19.7. The number of aromatic nitrogens is 2. The number of piperidine rings is 1. The summed E-state index contributed by atoms with van der Waals surface area (Å²) in [6.07, 6.45) is 5.48. The Morgan fingerprint density at radius 3 is 2.43 bits per heavy atom. The van der Waals surface area contributed by atoms with E-state index in [0.29, 0.717) is 12.5 Å². The van der Waals surface area contributed by atoms with Crippen LogP contribution in [-0.2, 0) is 16.8 Å².